The molecule has 5 nitrogen and oxygen atoms in total. The third-order valence-corrected chi connectivity index (χ3v) is 3.53. The van der Waals surface area contributed by atoms with E-state index in [1.54, 1.807) is 18.0 Å². The van der Waals surface area contributed by atoms with Crippen LogP contribution in [0.3, 0.4) is 0 Å². The summed E-state index contributed by atoms with van der Waals surface area (Å²) < 4.78 is 7.90. The molecule has 1 amide bonds. The van der Waals surface area contributed by atoms with Crippen LogP contribution in [0, 0.1) is 12.8 Å². The van der Waals surface area contributed by atoms with E-state index in [9.17, 15) is 4.79 Å². The summed E-state index contributed by atoms with van der Waals surface area (Å²) in [4.78, 5) is 12.3. The maximum absolute atomic E-state index is 12.3. The zero-order valence-electron chi connectivity index (χ0n) is 12.3. The second-order valence-corrected chi connectivity index (χ2v) is 5.89. The van der Waals surface area contributed by atoms with Crippen molar-refractivity contribution in [2.45, 2.75) is 20.4 Å². The molecule has 0 aliphatic heterocycles. The molecule has 2 rings (SSSR count). The van der Waals surface area contributed by atoms with Crippen LogP contribution in [0.1, 0.15) is 12.5 Å². The third kappa shape index (κ3) is 4.07. The molecule has 112 valence electrons. The topological polar surface area (TPSA) is 56.1 Å². The Morgan fingerprint density at radius 1 is 1.52 bits per heavy atom. The highest BCUT2D eigenvalue weighted by Gasteiger charge is 2.16. The lowest BCUT2D eigenvalue weighted by atomic mass is 10.1. The fourth-order valence-electron chi connectivity index (χ4n) is 1.98. The molecule has 0 aliphatic carbocycles. The lowest BCUT2D eigenvalue weighted by Gasteiger charge is -2.15. The molecule has 1 unspecified atom stereocenters. The first-order valence-electron chi connectivity index (χ1n) is 6.63. The Balaban J connectivity index is 2.05. The second kappa shape index (κ2) is 6.76. The average molecular weight is 352 g/mol. The van der Waals surface area contributed by atoms with Gasteiger partial charge in [0.05, 0.1) is 35.9 Å². The summed E-state index contributed by atoms with van der Waals surface area (Å²) in [6.07, 6.45) is 3.55. The first-order valence-corrected chi connectivity index (χ1v) is 7.42. The van der Waals surface area contributed by atoms with Crippen molar-refractivity contribution in [2.24, 2.45) is 5.92 Å². The normalized spacial score (nSPS) is 12.0. The smallest absolute Gasteiger partial charge is 0.229 e. The van der Waals surface area contributed by atoms with E-state index in [4.69, 9.17) is 4.74 Å². The molecule has 1 heterocycles. The highest BCUT2D eigenvalue weighted by molar-refractivity contribution is 9.10. The molecule has 21 heavy (non-hydrogen) atoms. The molecule has 1 aromatic heterocycles. The van der Waals surface area contributed by atoms with Crippen molar-refractivity contribution in [1.29, 1.82) is 0 Å². The van der Waals surface area contributed by atoms with Gasteiger partial charge in [0.15, 0.2) is 0 Å². The van der Waals surface area contributed by atoms with E-state index < -0.39 is 0 Å². The average Bonchev–Trinajstić information content (AvgIpc) is 2.84. The minimum Gasteiger partial charge on any atom is -0.495 e. The van der Waals surface area contributed by atoms with E-state index >= 15 is 0 Å². The number of halogens is 1. The number of aryl methyl sites for hydroxylation is 1. The third-order valence-electron chi connectivity index (χ3n) is 3.12. The van der Waals surface area contributed by atoms with Crippen molar-refractivity contribution >= 4 is 27.5 Å². The zero-order valence-corrected chi connectivity index (χ0v) is 13.8. The number of ether oxygens (including phenoxy) is 1. The Kier molecular flexibility index (Phi) is 5.01. The van der Waals surface area contributed by atoms with Gasteiger partial charge in [-0.2, -0.15) is 5.10 Å². The number of rotatable bonds is 5. The molecule has 0 radical (unpaired) electrons. The van der Waals surface area contributed by atoms with Gasteiger partial charge in [-0.3, -0.25) is 9.48 Å². The minimum absolute atomic E-state index is 0.0643. The van der Waals surface area contributed by atoms with Crippen molar-refractivity contribution < 1.29 is 9.53 Å². The van der Waals surface area contributed by atoms with E-state index in [-0.39, 0.29) is 11.8 Å². The number of aromatic nitrogens is 2. The lowest BCUT2D eigenvalue weighted by Crippen LogP contribution is -2.24. The highest BCUT2D eigenvalue weighted by atomic mass is 79.9. The number of carbonyl (C=O) groups excluding carboxylic acids is 1. The van der Waals surface area contributed by atoms with Crippen molar-refractivity contribution in [1.82, 2.24) is 9.78 Å². The standard InChI is InChI=1S/C15H18BrN3O2/c1-10-4-5-14(21-3)13(6-10)18-15(20)11(2)8-19-9-12(16)7-17-19/h4-7,9,11H,8H2,1-3H3,(H,18,20). The van der Waals surface area contributed by atoms with E-state index in [1.165, 1.54) is 0 Å². The summed E-state index contributed by atoms with van der Waals surface area (Å²) in [5, 5.41) is 7.07. The molecule has 0 saturated carbocycles. The van der Waals surface area contributed by atoms with E-state index in [1.807, 2.05) is 38.2 Å². The Hall–Kier alpha value is -1.82. The van der Waals surface area contributed by atoms with Crippen molar-refractivity contribution in [3.05, 3.63) is 40.6 Å². The molecule has 1 atom stereocenters. The van der Waals surface area contributed by atoms with Crippen LogP contribution in [0.4, 0.5) is 5.69 Å². The fourth-order valence-corrected chi connectivity index (χ4v) is 2.31. The maximum atomic E-state index is 12.3. The van der Waals surface area contributed by atoms with Crippen LogP contribution in [-0.4, -0.2) is 22.8 Å². The van der Waals surface area contributed by atoms with Gasteiger partial charge in [-0.1, -0.05) is 13.0 Å². The molecule has 1 N–H and O–H groups in total. The number of nitrogens with one attached hydrogen (secondary N) is 1. The number of nitrogens with zero attached hydrogens (tertiary/aromatic N) is 2. The summed E-state index contributed by atoms with van der Waals surface area (Å²) in [7, 11) is 1.59. The number of hydrogen-bond acceptors (Lipinski definition) is 3. The van der Waals surface area contributed by atoms with Gasteiger partial charge in [-0.05, 0) is 40.5 Å². The first kappa shape index (κ1) is 15.6. The summed E-state index contributed by atoms with van der Waals surface area (Å²) in [5.41, 5.74) is 1.76. The maximum Gasteiger partial charge on any atom is 0.229 e. The summed E-state index contributed by atoms with van der Waals surface area (Å²) in [6, 6.07) is 5.69. The molecule has 0 aliphatic rings. The number of benzene rings is 1. The van der Waals surface area contributed by atoms with Crippen LogP contribution in [0.25, 0.3) is 0 Å². The van der Waals surface area contributed by atoms with Gasteiger partial charge in [0, 0.05) is 6.20 Å². The SMILES string of the molecule is COc1ccc(C)cc1NC(=O)C(C)Cn1cc(Br)cn1. The molecule has 0 saturated heterocycles. The fraction of sp³-hybridized carbons (Fsp3) is 0.333. The Labute approximate surface area is 132 Å². The minimum atomic E-state index is -0.206. The Morgan fingerprint density at radius 3 is 2.90 bits per heavy atom. The van der Waals surface area contributed by atoms with Crippen molar-refractivity contribution in [3.8, 4) is 5.75 Å². The Bertz CT molecular complexity index is 640. The highest BCUT2D eigenvalue weighted by Crippen LogP contribution is 2.25. The first-order chi connectivity index (χ1) is 9.99. The van der Waals surface area contributed by atoms with E-state index in [0.29, 0.717) is 18.0 Å². The molecule has 2 aromatic rings. The van der Waals surface area contributed by atoms with Gasteiger partial charge < -0.3 is 10.1 Å². The van der Waals surface area contributed by atoms with Crippen LogP contribution in [0.5, 0.6) is 5.75 Å². The summed E-state index contributed by atoms with van der Waals surface area (Å²) >= 11 is 3.34. The van der Waals surface area contributed by atoms with Gasteiger partial charge in [0.1, 0.15) is 5.75 Å². The predicted molar refractivity (Wildman–Crippen MR) is 85.5 cm³/mol. The number of hydrogen-bond donors (Lipinski definition) is 1. The largest absolute Gasteiger partial charge is 0.495 e. The van der Waals surface area contributed by atoms with Crippen LogP contribution in [-0.2, 0) is 11.3 Å². The quantitative estimate of drug-likeness (QED) is 0.899. The van der Waals surface area contributed by atoms with E-state index in [2.05, 4.69) is 26.3 Å². The molecule has 6 heteroatoms. The number of methoxy groups -OCH3 is 1. The zero-order chi connectivity index (χ0) is 15.4. The number of anilines is 1. The van der Waals surface area contributed by atoms with Crippen LogP contribution >= 0.6 is 15.9 Å². The monoisotopic (exact) mass is 351 g/mol. The molecule has 0 fully saturated rings. The lowest BCUT2D eigenvalue weighted by molar-refractivity contribution is -0.119. The van der Waals surface area contributed by atoms with Crippen molar-refractivity contribution in [3.63, 3.8) is 0 Å². The van der Waals surface area contributed by atoms with Crippen molar-refractivity contribution in [2.75, 3.05) is 12.4 Å². The molecule has 0 spiro atoms. The van der Waals surface area contributed by atoms with Gasteiger partial charge in [-0.15, -0.1) is 0 Å². The van der Waals surface area contributed by atoms with Crippen LogP contribution in [0.2, 0.25) is 0 Å². The Morgan fingerprint density at radius 2 is 2.29 bits per heavy atom. The van der Waals surface area contributed by atoms with Crippen LogP contribution in [0.15, 0.2) is 35.1 Å². The summed E-state index contributed by atoms with van der Waals surface area (Å²) in [5.74, 6) is 0.385. The molecule has 0 bridgehead atoms. The number of amides is 1. The van der Waals surface area contributed by atoms with Gasteiger partial charge in [0.25, 0.3) is 0 Å². The van der Waals surface area contributed by atoms with Gasteiger partial charge in [-0.25, -0.2) is 0 Å². The second-order valence-electron chi connectivity index (χ2n) is 4.97. The molecular weight excluding hydrogens is 334 g/mol. The molecular formula is C15H18BrN3O2. The molecule has 1 aromatic carbocycles. The summed E-state index contributed by atoms with van der Waals surface area (Å²) in [6.45, 7) is 4.36. The van der Waals surface area contributed by atoms with Gasteiger partial charge in [0.2, 0.25) is 5.91 Å². The predicted octanol–water partition coefficient (Wildman–Crippen LogP) is 3.24. The number of carbonyl (C=O) groups is 1. The van der Waals surface area contributed by atoms with Crippen LogP contribution < -0.4 is 10.1 Å². The van der Waals surface area contributed by atoms with E-state index in [0.717, 1.165) is 10.0 Å². The van der Waals surface area contributed by atoms with Gasteiger partial charge >= 0.3 is 0 Å².